The fourth-order valence-electron chi connectivity index (χ4n) is 3.00. The third kappa shape index (κ3) is 6.92. The van der Waals surface area contributed by atoms with Crippen LogP contribution >= 0.6 is 23.2 Å². The van der Waals surface area contributed by atoms with E-state index in [-0.39, 0.29) is 31.0 Å². The lowest BCUT2D eigenvalue weighted by molar-refractivity contribution is -0.143. The average Bonchev–Trinajstić information content (AvgIpc) is 2.68. The summed E-state index contributed by atoms with van der Waals surface area (Å²) in [5.74, 6) is 0.0896. The van der Waals surface area contributed by atoms with Crippen LogP contribution in [0.4, 0.5) is 0 Å². The molecule has 0 spiro atoms. The molecule has 5 nitrogen and oxygen atoms in total. The zero-order valence-electron chi connectivity index (χ0n) is 17.7. The van der Waals surface area contributed by atoms with Gasteiger partial charge in [-0.2, -0.15) is 0 Å². The van der Waals surface area contributed by atoms with Gasteiger partial charge in [0.15, 0.2) is 6.61 Å². The van der Waals surface area contributed by atoms with Crippen LogP contribution in [0.25, 0.3) is 0 Å². The fraction of sp³-hybridized carbons (Fsp3) is 0.391. The van der Waals surface area contributed by atoms with Crippen molar-refractivity contribution < 1.29 is 14.3 Å². The molecule has 2 aromatic carbocycles. The number of benzene rings is 2. The molecule has 0 saturated carbocycles. The van der Waals surface area contributed by atoms with E-state index >= 15 is 0 Å². The van der Waals surface area contributed by atoms with Crippen LogP contribution in [0.2, 0.25) is 10.0 Å². The van der Waals surface area contributed by atoms with E-state index in [0.29, 0.717) is 27.8 Å². The Kier molecular flexibility index (Phi) is 9.00. The van der Waals surface area contributed by atoms with Crippen molar-refractivity contribution in [2.24, 2.45) is 0 Å². The smallest absolute Gasteiger partial charge is 0.261 e. The van der Waals surface area contributed by atoms with Crippen molar-refractivity contribution in [3.05, 3.63) is 63.6 Å². The molecule has 0 aliphatic carbocycles. The maximum absolute atomic E-state index is 13.1. The highest BCUT2D eigenvalue weighted by Gasteiger charge is 2.29. The highest BCUT2D eigenvalue weighted by Crippen LogP contribution is 2.24. The van der Waals surface area contributed by atoms with E-state index in [1.54, 1.807) is 18.2 Å². The number of carbonyl (C=O) groups is 2. The Morgan fingerprint density at radius 2 is 1.77 bits per heavy atom. The van der Waals surface area contributed by atoms with Crippen molar-refractivity contribution in [3.63, 3.8) is 0 Å². The second-order valence-electron chi connectivity index (χ2n) is 7.45. The maximum atomic E-state index is 13.1. The predicted octanol–water partition coefficient (Wildman–Crippen LogP) is 5.01. The van der Waals surface area contributed by atoms with E-state index < -0.39 is 6.04 Å². The molecular formula is C23H28Cl2N2O3. The van der Waals surface area contributed by atoms with Crippen LogP contribution in [0.5, 0.6) is 5.75 Å². The minimum absolute atomic E-state index is 0.0357. The lowest BCUT2D eigenvalue weighted by atomic mass is 10.1. The van der Waals surface area contributed by atoms with E-state index in [1.807, 2.05) is 52.0 Å². The average molecular weight is 451 g/mol. The second-order valence-corrected chi connectivity index (χ2v) is 8.29. The topological polar surface area (TPSA) is 58.6 Å². The first-order chi connectivity index (χ1) is 14.2. The van der Waals surface area contributed by atoms with Gasteiger partial charge in [0.2, 0.25) is 5.91 Å². The van der Waals surface area contributed by atoms with Crippen LogP contribution in [0.1, 0.15) is 38.3 Å². The third-order valence-corrected chi connectivity index (χ3v) is 5.14. The maximum Gasteiger partial charge on any atom is 0.261 e. The van der Waals surface area contributed by atoms with Gasteiger partial charge in [-0.1, -0.05) is 53.9 Å². The van der Waals surface area contributed by atoms with Crippen molar-refractivity contribution >= 4 is 35.0 Å². The molecule has 2 rings (SSSR count). The summed E-state index contributed by atoms with van der Waals surface area (Å²) < 4.78 is 5.67. The van der Waals surface area contributed by atoms with Gasteiger partial charge in [0.1, 0.15) is 11.8 Å². The molecule has 0 aromatic heterocycles. The Balaban J connectivity index is 2.24. The molecule has 0 heterocycles. The van der Waals surface area contributed by atoms with Gasteiger partial charge in [0.25, 0.3) is 5.91 Å². The molecule has 30 heavy (non-hydrogen) atoms. The molecule has 0 aliphatic heterocycles. The first-order valence-corrected chi connectivity index (χ1v) is 10.7. The van der Waals surface area contributed by atoms with Gasteiger partial charge in [0.05, 0.1) is 0 Å². The Labute approximate surface area is 188 Å². The quantitative estimate of drug-likeness (QED) is 0.583. The Morgan fingerprint density at radius 1 is 1.10 bits per heavy atom. The molecule has 0 saturated heterocycles. The zero-order chi connectivity index (χ0) is 22.3. The van der Waals surface area contributed by atoms with Gasteiger partial charge in [0, 0.05) is 22.6 Å². The van der Waals surface area contributed by atoms with Gasteiger partial charge in [-0.15, -0.1) is 0 Å². The Hall–Kier alpha value is -2.24. The summed E-state index contributed by atoms with van der Waals surface area (Å²) in [4.78, 5) is 27.4. The third-order valence-electron chi connectivity index (χ3n) is 4.56. The molecule has 2 amide bonds. The fourth-order valence-corrected chi connectivity index (χ4v) is 3.46. The molecular weight excluding hydrogens is 423 g/mol. The first kappa shape index (κ1) is 24.0. The highest BCUT2D eigenvalue weighted by molar-refractivity contribution is 6.35. The van der Waals surface area contributed by atoms with Gasteiger partial charge in [-0.05, 0) is 57.0 Å². The summed E-state index contributed by atoms with van der Waals surface area (Å²) in [6.07, 6.45) is 0.458. The molecule has 7 heteroatoms. The van der Waals surface area contributed by atoms with Crippen LogP contribution in [-0.4, -0.2) is 35.4 Å². The predicted molar refractivity (Wildman–Crippen MR) is 121 cm³/mol. The number of ether oxygens (including phenoxy) is 1. The van der Waals surface area contributed by atoms with E-state index in [4.69, 9.17) is 27.9 Å². The van der Waals surface area contributed by atoms with E-state index in [0.717, 1.165) is 5.56 Å². The molecule has 0 radical (unpaired) electrons. The van der Waals surface area contributed by atoms with Crippen molar-refractivity contribution in [2.45, 2.75) is 52.7 Å². The molecule has 2 aromatic rings. The number of halogens is 2. The number of hydrogen-bond donors (Lipinski definition) is 1. The normalized spacial score (nSPS) is 11.8. The van der Waals surface area contributed by atoms with E-state index in [2.05, 4.69) is 5.32 Å². The highest BCUT2D eigenvalue weighted by atomic mass is 35.5. The van der Waals surface area contributed by atoms with Crippen molar-refractivity contribution in [1.29, 1.82) is 0 Å². The van der Waals surface area contributed by atoms with Crippen LogP contribution in [0.3, 0.4) is 0 Å². The number of nitrogens with one attached hydrogen (secondary N) is 1. The molecule has 1 atom stereocenters. The first-order valence-electron chi connectivity index (χ1n) is 9.94. The van der Waals surface area contributed by atoms with Gasteiger partial charge >= 0.3 is 0 Å². The van der Waals surface area contributed by atoms with E-state index in [1.165, 1.54) is 4.90 Å². The van der Waals surface area contributed by atoms with Gasteiger partial charge in [-0.3, -0.25) is 9.59 Å². The number of nitrogens with zero attached hydrogens (tertiary/aromatic N) is 1. The van der Waals surface area contributed by atoms with E-state index in [9.17, 15) is 9.59 Å². The molecule has 0 aliphatic rings. The minimum Gasteiger partial charge on any atom is -0.484 e. The summed E-state index contributed by atoms with van der Waals surface area (Å²) in [7, 11) is 0. The van der Waals surface area contributed by atoms with Crippen LogP contribution in [-0.2, 0) is 16.1 Å². The number of rotatable bonds is 9. The summed E-state index contributed by atoms with van der Waals surface area (Å²) in [5, 5.41) is 3.84. The zero-order valence-corrected chi connectivity index (χ0v) is 19.3. The number of hydrogen-bond acceptors (Lipinski definition) is 3. The molecule has 162 valence electrons. The van der Waals surface area contributed by atoms with Crippen molar-refractivity contribution in [2.75, 3.05) is 6.61 Å². The molecule has 0 fully saturated rings. The van der Waals surface area contributed by atoms with Gasteiger partial charge < -0.3 is 15.0 Å². The standard InChI is InChI=1S/C23H28Cl2N2O3/c1-5-21(23(29)26-15(2)3)27(13-17-8-9-18(24)12-20(17)25)22(28)14-30-19-10-6-16(4)7-11-19/h6-12,15,21H,5,13-14H2,1-4H3,(H,26,29). The monoisotopic (exact) mass is 450 g/mol. The van der Waals surface area contributed by atoms with Gasteiger partial charge in [-0.25, -0.2) is 0 Å². The molecule has 1 N–H and O–H groups in total. The van der Waals surface area contributed by atoms with Crippen LogP contribution in [0.15, 0.2) is 42.5 Å². The largest absolute Gasteiger partial charge is 0.484 e. The number of aryl methyl sites for hydroxylation is 1. The lowest BCUT2D eigenvalue weighted by Crippen LogP contribution is -2.51. The number of amides is 2. The van der Waals surface area contributed by atoms with Crippen LogP contribution < -0.4 is 10.1 Å². The van der Waals surface area contributed by atoms with Crippen molar-refractivity contribution in [3.8, 4) is 5.75 Å². The van der Waals surface area contributed by atoms with Crippen LogP contribution in [0, 0.1) is 6.92 Å². The second kappa shape index (κ2) is 11.2. The summed E-state index contributed by atoms with van der Waals surface area (Å²) in [5.41, 5.74) is 1.81. The Morgan fingerprint density at radius 3 is 2.33 bits per heavy atom. The molecule has 1 unspecified atom stereocenters. The summed E-state index contributed by atoms with van der Waals surface area (Å²) >= 11 is 12.3. The summed E-state index contributed by atoms with van der Waals surface area (Å²) in [6, 6.07) is 11.9. The SMILES string of the molecule is CCC(C(=O)NC(C)C)N(Cc1ccc(Cl)cc1Cl)C(=O)COc1ccc(C)cc1. The number of carbonyl (C=O) groups excluding carboxylic acids is 2. The van der Waals surface area contributed by atoms with Crippen molar-refractivity contribution in [1.82, 2.24) is 10.2 Å². The lowest BCUT2D eigenvalue weighted by Gasteiger charge is -2.31. The Bertz CT molecular complexity index is 869. The summed E-state index contributed by atoms with van der Waals surface area (Å²) in [6.45, 7) is 7.61. The molecule has 0 bridgehead atoms. The minimum atomic E-state index is -0.645.